The van der Waals surface area contributed by atoms with Crippen LogP contribution in [0.4, 0.5) is 0 Å². The monoisotopic (exact) mass is 375 g/mol. The summed E-state index contributed by atoms with van der Waals surface area (Å²) < 4.78 is 5.86. The van der Waals surface area contributed by atoms with Crippen LogP contribution in [0.15, 0.2) is 48.7 Å². The van der Waals surface area contributed by atoms with Gasteiger partial charge in [-0.1, -0.05) is 18.2 Å². The van der Waals surface area contributed by atoms with Crippen LogP contribution in [0.25, 0.3) is 0 Å². The molecule has 28 heavy (non-hydrogen) atoms. The number of hydrogen-bond donors (Lipinski definition) is 2. The van der Waals surface area contributed by atoms with Crippen LogP contribution < -0.4 is 15.8 Å². The molecule has 4 unspecified atom stereocenters. The summed E-state index contributed by atoms with van der Waals surface area (Å²) in [6, 6.07) is 10.1. The molecular formula is C23H25N3O2. The molecule has 1 fully saturated rings. The molecule has 3 N–H and O–H groups in total. The van der Waals surface area contributed by atoms with Gasteiger partial charge in [-0.05, 0) is 79.3 Å². The summed E-state index contributed by atoms with van der Waals surface area (Å²) in [4.78, 5) is 15.3. The zero-order valence-electron chi connectivity index (χ0n) is 15.8. The summed E-state index contributed by atoms with van der Waals surface area (Å²) in [7, 11) is 0. The highest BCUT2D eigenvalue weighted by molar-refractivity contribution is 5.92. The Hall–Kier alpha value is -2.66. The van der Waals surface area contributed by atoms with Crippen LogP contribution >= 0.6 is 0 Å². The zero-order chi connectivity index (χ0) is 19.1. The van der Waals surface area contributed by atoms with E-state index < -0.39 is 5.91 Å². The number of pyridine rings is 1. The second kappa shape index (κ2) is 7.06. The second-order valence-corrected chi connectivity index (χ2v) is 8.34. The lowest BCUT2D eigenvalue weighted by Gasteiger charge is -2.21. The first-order valence-corrected chi connectivity index (χ1v) is 10.1. The van der Waals surface area contributed by atoms with Crippen molar-refractivity contribution in [2.24, 2.45) is 23.5 Å². The van der Waals surface area contributed by atoms with E-state index in [4.69, 9.17) is 10.5 Å². The Balaban J connectivity index is 1.19. The molecule has 2 bridgehead atoms. The van der Waals surface area contributed by atoms with Crippen LogP contribution in [0.3, 0.4) is 0 Å². The molecule has 1 amide bonds. The van der Waals surface area contributed by atoms with Crippen molar-refractivity contribution in [2.45, 2.75) is 31.7 Å². The van der Waals surface area contributed by atoms with Gasteiger partial charge in [0.2, 0.25) is 11.8 Å². The van der Waals surface area contributed by atoms with Crippen LogP contribution in [0.5, 0.6) is 11.6 Å². The summed E-state index contributed by atoms with van der Waals surface area (Å²) >= 11 is 0. The molecule has 0 radical (unpaired) electrons. The fourth-order valence-electron chi connectivity index (χ4n) is 4.96. The third-order valence-corrected chi connectivity index (χ3v) is 6.44. The summed E-state index contributed by atoms with van der Waals surface area (Å²) in [6.45, 7) is 1.13. The fourth-order valence-corrected chi connectivity index (χ4v) is 4.96. The maximum absolute atomic E-state index is 11.1. The Labute approximate surface area is 165 Å². The van der Waals surface area contributed by atoms with Gasteiger partial charge in [-0.15, -0.1) is 0 Å². The highest BCUT2D eigenvalue weighted by Gasteiger charge is 2.35. The number of benzene rings is 1. The Morgan fingerprint density at radius 2 is 2.04 bits per heavy atom. The van der Waals surface area contributed by atoms with Crippen molar-refractivity contribution in [3.63, 3.8) is 0 Å². The minimum atomic E-state index is -0.489. The molecule has 3 aliphatic carbocycles. The van der Waals surface area contributed by atoms with Gasteiger partial charge < -0.3 is 15.8 Å². The van der Waals surface area contributed by atoms with E-state index in [1.54, 1.807) is 12.1 Å². The van der Waals surface area contributed by atoms with E-state index in [1.807, 2.05) is 6.07 Å². The summed E-state index contributed by atoms with van der Waals surface area (Å²) in [5.41, 5.74) is 8.36. The molecule has 1 aromatic carbocycles. The Morgan fingerprint density at radius 1 is 1.14 bits per heavy atom. The van der Waals surface area contributed by atoms with Crippen molar-refractivity contribution in [2.75, 3.05) is 6.54 Å². The molecule has 1 heterocycles. The molecular weight excluding hydrogens is 350 g/mol. The third kappa shape index (κ3) is 3.42. The lowest BCUT2D eigenvalue weighted by atomic mass is 9.93. The van der Waals surface area contributed by atoms with E-state index in [1.165, 1.54) is 30.2 Å². The maximum Gasteiger partial charge on any atom is 0.250 e. The number of amides is 1. The molecule has 144 valence electrons. The van der Waals surface area contributed by atoms with Gasteiger partial charge in [-0.3, -0.25) is 4.79 Å². The molecule has 5 heteroatoms. The molecule has 3 aliphatic rings. The van der Waals surface area contributed by atoms with Crippen LogP contribution in [0.1, 0.15) is 34.3 Å². The average molecular weight is 375 g/mol. The Morgan fingerprint density at radius 3 is 2.75 bits per heavy atom. The Bertz CT molecular complexity index is 922. The first kappa shape index (κ1) is 17.4. The summed E-state index contributed by atoms with van der Waals surface area (Å²) in [5, 5.41) is 3.81. The minimum absolute atomic E-state index is 0.376. The van der Waals surface area contributed by atoms with E-state index in [2.05, 4.69) is 34.6 Å². The van der Waals surface area contributed by atoms with Crippen molar-refractivity contribution in [3.8, 4) is 11.6 Å². The number of carbonyl (C=O) groups is 1. The van der Waals surface area contributed by atoms with Crippen molar-refractivity contribution in [3.05, 3.63) is 65.4 Å². The summed E-state index contributed by atoms with van der Waals surface area (Å²) in [5.74, 6) is 3.19. The number of nitrogens with one attached hydrogen (secondary N) is 1. The maximum atomic E-state index is 11.1. The number of ether oxygens (including phenoxy) is 1. The predicted molar refractivity (Wildman–Crippen MR) is 107 cm³/mol. The van der Waals surface area contributed by atoms with Crippen molar-refractivity contribution < 1.29 is 9.53 Å². The minimum Gasteiger partial charge on any atom is -0.439 e. The van der Waals surface area contributed by atoms with Gasteiger partial charge in [0.1, 0.15) is 5.75 Å². The number of hydrogen-bond acceptors (Lipinski definition) is 4. The number of aromatic nitrogens is 1. The normalized spacial score (nSPS) is 27.1. The smallest absolute Gasteiger partial charge is 0.250 e. The average Bonchev–Trinajstić information content (AvgIpc) is 3.41. The lowest BCUT2D eigenvalue weighted by Crippen LogP contribution is -2.35. The van der Waals surface area contributed by atoms with Crippen molar-refractivity contribution in [1.82, 2.24) is 10.3 Å². The van der Waals surface area contributed by atoms with E-state index in [-0.39, 0.29) is 0 Å². The lowest BCUT2D eigenvalue weighted by molar-refractivity contribution is 0.1000. The molecule has 0 aliphatic heterocycles. The van der Waals surface area contributed by atoms with Crippen LogP contribution in [-0.4, -0.2) is 23.5 Å². The van der Waals surface area contributed by atoms with Crippen LogP contribution in [-0.2, 0) is 12.8 Å². The quantitative estimate of drug-likeness (QED) is 0.760. The molecule has 0 spiro atoms. The predicted octanol–water partition coefficient (Wildman–Crippen LogP) is 3.24. The molecule has 5 rings (SSSR count). The van der Waals surface area contributed by atoms with Crippen LogP contribution in [0.2, 0.25) is 0 Å². The van der Waals surface area contributed by atoms with E-state index in [9.17, 15) is 4.79 Å². The first-order valence-electron chi connectivity index (χ1n) is 10.1. The van der Waals surface area contributed by atoms with Crippen molar-refractivity contribution in [1.29, 1.82) is 0 Å². The molecule has 1 saturated carbocycles. The number of fused-ring (bicyclic) bond motifs is 3. The SMILES string of the molecule is NC(=O)c1ccc(Oc2ccc3c(c2)CC(NCC2CC4C=CC2C4)C3)nc1. The zero-order valence-corrected chi connectivity index (χ0v) is 15.8. The molecule has 0 saturated heterocycles. The number of allylic oxidation sites excluding steroid dienone is 2. The molecule has 5 nitrogen and oxygen atoms in total. The van der Waals surface area contributed by atoms with E-state index >= 15 is 0 Å². The standard InChI is InChI=1S/C23H25N3O2/c24-23(27)17-4-6-22(26-12-17)28-21-5-3-16-9-20(10-18(16)11-21)25-13-19-8-14-1-2-15(19)7-14/h1-6,11-12,14-15,19-20,25H,7-10,13H2,(H2,24,27). The van der Waals surface area contributed by atoms with Gasteiger partial charge in [0, 0.05) is 18.3 Å². The van der Waals surface area contributed by atoms with Gasteiger partial charge in [0.05, 0.1) is 5.56 Å². The summed E-state index contributed by atoms with van der Waals surface area (Å²) in [6.07, 6.45) is 11.1. The molecule has 4 atom stereocenters. The largest absolute Gasteiger partial charge is 0.439 e. The van der Waals surface area contributed by atoms with Crippen molar-refractivity contribution >= 4 is 5.91 Å². The molecule has 1 aromatic heterocycles. The van der Waals surface area contributed by atoms with Gasteiger partial charge in [-0.25, -0.2) is 4.98 Å². The number of nitrogens with zero attached hydrogens (tertiary/aromatic N) is 1. The van der Waals surface area contributed by atoms with Gasteiger partial charge in [-0.2, -0.15) is 0 Å². The number of nitrogens with two attached hydrogens (primary N) is 1. The van der Waals surface area contributed by atoms with Gasteiger partial charge >= 0.3 is 0 Å². The Kier molecular flexibility index (Phi) is 4.40. The van der Waals surface area contributed by atoms with Crippen LogP contribution in [0, 0.1) is 17.8 Å². The van der Waals surface area contributed by atoms with Gasteiger partial charge in [0.25, 0.3) is 0 Å². The van der Waals surface area contributed by atoms with E-state index in [0.29, 0.717) is 17.5 Å². The highest BCUT2D eigenvalue weighted by Crippen LogP contribution is 2.43. The first-order chi connectivity index (χ1) is 13.6. The molecule has 2 aromatic rings. The highest BCUT2D eigenvalue weighted by atomic mass is 16.5. The fraction of sp³-hybridized carbons (Fsp3) is 0.391. The third-order valence-electron chi connectivity index (χ3n) is 6.44. The number of carbonyl (C=O) groups excluding carboxylic acids is 1. The second-order valence-electron chi connectivity index (χ2n) is 8.34. The number of primary amides is 1. The number of rotatable bonds is 6. The topological polar surface area (TPSA) is 77.2 Å². The van der Waals surface area contributed by atoms with Gasteiger partial charge in [0.15, 0.2) is 0 Å². The van der Waals surface area contributed by atoms with E-state index in [0.717, 1.165) is 42.9 Å².